The third-order valence-corrected chi connectivity index (χ3v) is 0.963. The number of rotatable bonds is 7. The Labute approximate surface area is 83.7 Å². The van der Waals surface area contributed by atoms with E-state index in [1.807, 2.05) is 0 Å². The molecule has 0 saturated carbocycles. The first kappa shape index (κ1) is 16.2. The summed E-state index contributed by atoms with van der Waals surface area (Å²) in [6, 6.07) is 0. The van der Waals surface area contributed by atoms with Gasteiger partial charge in [0.1, 0.15) is 6.79 Å². The molecule has 0 aliphatic rings. The van der Waals surface area contributed by atoms with E-state index in [0.29, 0.717) is 19.8 Å². The van der Waals surface area contributed by atoms with Crippen molar-refractivity contribution in [3.05, 3.63) is 0 Å². The average molecular weight is 212 g/mol. The molecule has 14 heavy (non-hydrogen) atoms. The van der Waals surface area contributed by atoms with Gasteiger partial charge in [-0.15, -0.1) is 0 Å². The molecule has 1 unspecified atom stereocenters. The van der Waals surface area contributed by atoms with E-state index in [1.165, 1.54) is 6.92 Å². The zero-order valence-corrected chi connectivity index (χ0v) is 8.43. The Morgan fingerprint density at radius 3 is 1.86 bits per heavy atom. The van der Waals surface area contributed by atoms with Gasteiger partial charge in [-0.3, -0.25) is 0 Å². The van der Waals surface area contributed by atoms with Crippen molar-refractivity contribution in [2.24, 2.45) is 0 Å². The molecule has 0 rings (SSSR count). The lowest BCUT2D eigenvalue weighted by molar-refractivity contribution is -0.0326. The van der Waals surface area contributed by atoms with Gasteiger partial charge in [-0.05, 0) is 6.92 Å². The van der Waals surface area contributed by atoms with E-state index in [9.17, 15) is 0 Å². The topological polar surface area (TPSA) is 99.4 Å². The Morgan fingerprint density at radius 1 is 1.00 bits per heavy atom. The summed E-state index contributed by atoms with van der Waals surface area (Å²) < 4.78 is 9.33. The maximum absolute atomic E-state index is 8.21. The van der Waals surface area contributed by atoms with Crippen LogP contribution in [0.1, 0.15) is 6.92 Å². The predicted octanol–water partition coefficient (Wildman–Crippen LogP) is -1.68. The van der Waals surface area contributed by atoms with E-state index in [4.69, 9.17) is 25.2 Å². The first-order chi connectivity index (χ1) is 6.68. The van der Waals surface area contributed by atoms with Gasteiger partial charge < -0.3 is 29.9 Å². The SMILES string of the molecule is CC(O)CO.OCCOCCOCO. The molecule has 0 heterocycles. The van der Waals surface area contributed by atoms with Gasteiger partial charge in [0.25, 0.3) is 0 Å². The Balaban J connectivity index is 0. The van der Waals surface area contributed by atoms with Crippen LogP contribution in [0.4, 0.5) is 0 Å². The van der Waals surface area contributed by atoms with E-state index in [1.54, 1.807) is 0 Å². The van der Waals surface area contributed by atoms with Gasteiger partial charge in [-0.1, -0.05) is 0 Å². The molecule has 0 aromatic carbocycles. The zero-order chi connectivity index (χ0) is 11.2. The van der Waals surface area contributed by atoms with Crippen molar-refractivity contribution in [2.75, 3.05) is 39.8 Å². The first-order valence-electron chi connectivity index (χ1n) is 4.35. The molecule has 0 radical (unpaired) electrons. The van der Waals surface area contributed by atoms with Crippen LogP contribution in [0, 0.1) is 0 Å². The van der Waals surface area contributed by atoms with Crippen LogP contribution < -0.4 is 0 Å². The summed E-state index contributed by atoms with van der Waals surface area (Å²) in [5.74, 6) is 0. The Kier molecular flexibility index (Phi) is 17.6. The minimum Gasteiger partial charge on any atom is -0.394 e. The van der Waals surface area contributed by atoms with Gasteiger partial charge in [0.05, 0.1) is 39.1 Å². The molecular weight excluding hydrogens is 192 g/mol. The predicted molar refractivity (Wildman–Crippen MR) is 49.7 cm³/mol. The molecule has 6 nitrogen and oxygen atoms in total. The van der Waals surface area contributed by atoms with Crippen molar-refractivity contribution in [1.82, 2.24) is 0 Å². The molecule has 0 spiro atoms. The second-order valence-corrected chi connectivity index (χ2v) is 2.40. The molecule has 0 bridgehead atoms. The molecular formula is C8H20O6. The van der Waals surface area contributed by atoms with Crippen LogP contribution in [0.25, 0.3) is 0 Å². The van der Waals surface area contributed by atoms with E-state index < -0.39 is 6.10 Å². The van der Waals surface area contributed by atoms with Crippen molar-refractivity contribution in [2.45, 2.75) is 13.0 Å². The summed E-state index contributed by atoms with van der Waals surface area (Å²) in [7, 11) is 0. The summed E-state index contributed by atoms with van der Waals surface area (Å²) in [5, 5.41) is 32.3. The summed E-state index contributed by atoms with van der Waals surface area (Å²) in [4.78, 5) is 0. The minimum atomic E-state index is -0.560. The smallest absolute Gasteiger partial charge is 0.143 e. The lowest BCUT2D eigenvalue weighted by Crippen LogP contribution is -2.07. The molecule has 0 aromatic rings. The van der Waals surface area contributed by atoms with E-state index in [0.717, 1.165) is 0 Å². The third-order valence-electron chi connectivity index (χ3n) is 0.963. The highest BCUT2D eigenvalue weighted by atomic mass is 16.6. The van der Waals surface area contributed by atoms with Crippen LogP contribution in [0.15, 0.2) is 0 Å². The quantitative estimate of drug-likeness (QED) is 0.297. The maximum atomic E-state index is 8.21. The summed E-state index contributed by atoms with van der Waals surface area (Å²) in [6.07, 6.45) is -0.560. The first-order valence-corrected chi connectivity index (χ1v) is 4.35. The Bertz CT molecular complexity index is 81.9. The average Bonchev–Trinajstić information content (AvgIpc) is 2.19. The van der Waals surface area contributed by atoms with Gasteiger partial charge in [0.2, 0.25) is 0 Å². The van der Waals surface area contributed by atoms with Crippen LogP contribution >= 0.6 is 0 Å². The van der Waals surface area contributed by atoms with Crippen LogP contribution in [-0.4, -0.2) is 66.4 Å². The largest absolute Gasteiger partial charge is 0.394 e. The van der Waals surface area contributed by atoms with Crippen LogP contribution in [0.5, 0.6) is 0 Å². The molecule has 0 fully saturated rings. The summed E-state index contributed by atoms with van der Waals surface area (Å²) in [5.41, 5.74) is 0. The van der Waals surface area contributed by atoms with Crippen LogP contribution in [0.2, 0.25) is 0 Å². The Morgan fingerprint density at radius 2 is 1.50 bits per heavy atom. The molecule has 0 saturated heterocycles. The second-order valence-electron chi connectivity index (χ2n) is 2.40. The second kappa shape index (κ2) is 15.2. The zero-order valence-electron chi connectivity index (χ0n) is 8.43. The highest BCUT2D eigenvalue weighted by molar-refractivity contribution is 4.34. The molecule has 4 N–H and O–H groups in total. The molecule has 0 aliphatic carbocycles. The number of hydrogen-bond acceptors (Lipinski definition) is 6. The van der Waals surface area contributed by atoms with Gasteiger partial charge in [0.15, 0.2) is 0 Å². The fourth-order valence-corrected chi connectivity index (χ4v) is 0.349. The number of aliphatic hydroxyl groups excluding tert-OH is 4. The summed E-state index contributed by atoms with van der Waals surface area (Å²) in [6.45, 7) is 2.26. The fourth-order valence-electron chi connectivity index (χ4n) is 0.349. The maximum Gasteiger partial charge on any atom is 0.143 e. The molecule has 6 heteroatoms. The van der Waals surface area contributed by atoms with Crippen molar-refractivity contribution in [1.29, 1.82) is 0 Å². The fraction of sp³-hybridized carbons (Fsp3) is 1.00. The van der Waals surface area contributed by atoms with Gasteiger partial charge in [-0.2, -0.15) is 0 Å². The van der Waals surface area contributed by atoms with Crippen LogP contribution in [-0.2, 0) is 9.47 Å². The minimum absolute atomic E-state index is 0.0269. The molecule has 1 atom stereocenters. The molecule has 88 valence electrons. The standard InChI is InChI=1S/C5H12O4.C3H8O2/c6-1-2-8-3-4-9-5-7;1-3(5)2-4/h6-7H,1-5H2;3-5H,2H2,1H3. The van der Waals surface area contributed by atoms with E-state index >= 15 is 0 Å². The van der Waals surface area contributed by atoms with Gasteiger partial charge in [0, 0.05) is 0 Å². The Hall–Kier alpha value is -0.240. The lowest BCUT2D eigenvalue weighted by atomic mass is 10.5. The van der Waals surface area contributed by atoms with Crippen LogP contribution in [0.3, 0.4) is 0 Å². The molecule has 0 amide bonds. The lowest BCUT2D eigenvalue weighted by Gasteiger charge is -2.00. The number of ether oxygens (including phenoxy) is 2. The van der Waals surface area contributed by atoms with E-state index in [2.05, 4.69) is 4.74 Å². The van der Waals surface area contributed by atoms with Gasteiger partial charge in [-0.25, -0.2) is 0 Å². The van der Waals surface area contributed by atoms with Crippen molar-refractivity contribution in [3.8, 4) is 0 Å². The van der Waals surface area contributed by atoms with Gasteiger partial charge >= 0.3 is 0 Å². The van der Waals surface area contributed by atoms with Crippen molar-refractivity contribution in [3.63, 3.8) is 0 Å². The molecule has 0 aliphatic heterocycles. The number of aliphatic hydroxyl groups is 4. The normalized spacial score (nSPS) is 11.8. The summed E-state index contributed by atoms with van der Waals surface area (Å²) >= 11 is 0. The molecule has 0 aromatic heterocycles. The highest BCUT2D eigenvalue weighted by Gasteiger charge is 1.85. The van der Waals surface area contributed by atoms with E-state index in [-0.39, 0.29) is 20.0 Å². The highest BCUT2D eigenvalue weighted by Crippen LogP contribution is 1.75. The monoisotopic (exact) mass is 212 g/mol. The van der Waals surface area contributed by atoms with Crippen molar-refractivity contribution < 1.29 is 29.9 Å². The number of hydrogen-bond donors (Lipinski definition) is 4. The third kappa shape index (κ3) is 22.6. The van der Waals surface area contributed by atoms with Crippen molar-refractivity contribution >= 4 is 0 Å².